The summed E-state index contributed by atoms with van der Waals surface area (Å²) in [5, 5.41) is 0. The summed E-state index contributed by atoms with van der Waals surface area (Å²) in [4.78, 5) is 28.4. The number of rotatable bonds is 2. The van der Waals surface area contributed by atoms with Crippen molar-refractivity contribution in [1.82, 2.24) is 9.88 Å². The predicted octanol–water partition coefficient (Wildman–Crippen LogP) is 1.59. The third kappa shape index (κ3) is 2.87. The molecule has 1 unspecified atom stereocenters. The van der Waals surface area contributed by atoms with E-state index in [2.05, 4.69) is 4.98 Å². The number of H-pyrrole nitrogens is 1. The van der Waals surface area contributed by atoms with Crippen LogP contribution in [0.1, 0.15) is 22.1 Å². The van der Waals surface area contributed by atoms with Crippen LogP contribution in [0.4, 0.5) is 0 Å². The highest BCUT2D eigenvalue weighted by atomic mass is 16.5. The molecule has 1 atom stereocenters. The van der Waals surface area contributed by atoms with Gasteiger partial charge in [0.05, 0.1) is 19.3 Å². The average Bonchev–Trinajstić information content (AvgIpc) is 2.55. The number of pyridine rings is 1. The summed E-state index contributed by atoms with van der Waals surface area (Å²) in [5.74, 6) is -0.176. The van der Waals surface area contributed by atoms with Gasteiger partial charge in [-0.25, -0.2) is 0 Å². The highest BCUT2D eigenvalue weighted by molar-refractivity contribution is 5.92. The number of nitrogens with zero attached hydrogens (tertiary/aromatic N) is 1. The van der Waals surface area contributed by atoms with Crippen LogP contribution >= 0.6 is 0 Å². The molecule has 5 heteroatoms. The number of hydrogen-bond acceptors (Lipinski definition) is 3. The molecule has 1 saturated heterocycles. The minimum Gasteiger partial charge on any atom is -0.377 e. The Morgan fingerprint density at radius 3 is 2.71 bits per heavy atom. The number of amides is 1. The van der Waals surface area contributed by atoms with E-state index in [1.54, 1.807) is 17.0 Å². The van der Waals surface area contributed by atoms with Crippen molar-refractivity contribution in [2.45, 2.75) is 6.04 Å². The van der Waals surface area contributed by atoms with Crippen LogP contribution in [-0.2, 0) is 4.74 Å². The van der Waals surface area contributed by atoms with E-state index in [1.807, 2.05) is 30.3 Å². The second-order valence-electron chi connectivity index (χ2n) is 4.93. The molecule has 0 saturated carbocycles. The maximum Gasteiger partial charge on any atom is 0.271 e. The fraction of sp³-hybridized carbons (Fsp3) is 0.250. The largest absolute Gasteiger partial charge is 0.377 e. The molecule has 1 aromatic heterocycles. The topological polar surface area (TPSA) is 62.4 Å². The van der Waals surface area contributed by atoms with Gasteiger partial charge in [0.15, 0.2) is 0 Å². The van der Waals surface area contributed by atoms with Gasteiger partial charge in [0.2, 0.25) is 5.56 Å². The lowest BCUT2D eigenvalue weighted by atomic mass is 10.0. The van der Waals surface area contributed by atoms with Crippen LogP contribution in [0.2, 0.25) is 0 Å². The molecular weight excluding hydrogens is 268 g/mol. The zero-order valence-corrected chi connectivity index (χ0v) is 11.5. The van der Waals surface area contributed by atoms with E-state index in [0.717, 1.165) is 5.56 Å². The third-order valence-electron chi connectivity index (χ3n) is 3.57. The molecule has 1 aliphatic heterocycles. The van der Waals surface area contributed by atoms with Crippen molar-refractivity contribution in [1.29, 1.82) is 0 Å². The van der Waals surface area contributed by atoms with Gasteiger partial charge in [0.1, 0.15) is 5.69 Å². The molecule has 2 heterocycles. The van der Waals surface area contributed by atoms with Crippen LogP contribution in [0.25, 0.3) is 0 Å². The van der Waals surface area contributed by atoms with E-state index >= 15 is 0 Å². The van der Waals surface area contributed by atoms with Gasteiger partial charge in [-0.15, -0.1) is 0 Å². The maximum atomic E-state index is 12.6. The molecule has 108 valence electrons. The highest BCUT2D eigenvalue weighted by Crippen LogP contribution is 2.25. The first-order valence-electron chi connectivity index (χ1n) is 6.89. The molecule has 0 radical (unpaired) electrons. The van der Waals surface area contributed by atoms with Gasteiger partial charge >= 0.3 is 0 Å². The van der Waals surface area contributed by atoms with Crippen molar-refractivity contribution in [3.63, 3.8) is 0 Å². The van der Waals surface area contributed by atoms with Gasteiger partial charge in [-0.05, 0) is 11.6 Å². The van der Waals surface area contributed by atoms with Crippen LogP contribution in [-0.4, -0.2) is 35.5 Å². The van der Waals surface area contributed by atoms with Crippen LogP contribution < -0.4 is 5.56 Å². The molecule has 1 N–H and O–H groups in total. The van der Waals surface area contributed by atoms with Gasteiger partial charge in [0.25, 0.3) is 5.91 Å². The molecule has 2 aromatic rings. The van der Waals surface area contributed by atoms with E-state index in [9.17, 15) is 9.59 Å². The standard InChI is InChI=1S/C16H16N2O3/c19-15-8-4-7-13(17-15)16(20)18-9-10-21-11-14(18)12-5-2-1-3-6-12/h1-8,14H,9-11H2,(H,17,19). The molecule has 0 aliphatic carbocycles. The van der Waals surface area contributed by atoms with Crippen LogP contribution in [0.3, 0.4) is 0 Å². The average molecular weight is 284 g/mol. The Morgan fingerprint density at radius 1 is 1.14 bits per heavy atom. The number of hydrogen-bond donors (Lipinski definition) is 1. The molecule has 1 amide bonds. The summed E-state index contributed by atoms with van der Waals surface area (Å²) >= 11 is 0. The molecule has 1 aliphatic rings. The summed E-state index contributed by atoms with van der Waals surface area (Å²) < 4.78 is 5.51. The van der Waals surface area contributed by atoms with Crippen LogP contribution in [0.15, 0.2) is 53.3 Å². The fourth-order valence-corrected chi connectivity index (χ4v) is 2.53. The van der Waals surface area contributed by atoms with Crippen molar-refractivity contribution in [3.05, 3.63) is 70.1 Å². The van der Waals surface area contributed by atoms with E-state index in [0.29, 0.717) is 25.5 Å². The number of benzene rings is 1. The first-order valence-corrected chi connectivity index (χ1v) is 6.89. The Morgan fingerprint density at radius 2 is 1.95 bits per heavy atom. The van der Waals surface area contributed by atoms with Crippen molar-refractivity contribution in [3.8, 4) is 0 Å². The monoisotopic (exact) mass is 284 g/mol. The summed E-state index contributed by atoms with van der Waals surface area (Å²) in [5.41, 5.74) is 1.07. The first kappa shape index (κ1) is 13.6. The second-order valence-corrected chi connectivity index (χ2v) is 4.93. The Labute approximate surface area is 122 Å². The zero-order valence-electron chi connectivity index (χ0n) is 11.5. The van der Waals surface area contributed by atoms with Gasteiger partial charge in [-0.3, -0.25) is 9.59 Å². The number of morpholine rings is 1. The highest BCUT2D eigenvalue weighted by Gasteiger charge is 2.29. The number of ether oxygens (including phenoxy) is 1. The lowest BCUT2D eigenvalue weighted by Crippen LogP contribution is -2.44. The van der Waals surface area contributed by atoms with Crippen molar-refractivity contribution in [2.24, 2.45) is 0 Å². The van der Waals surface area contributed by atoms with E-state index in [4.69, 9.17) is 4.74 Å². The smallest absolute Gasteiger partial charge is 0.271 e. The fourth-order valence-electron chi connectivity index (χ4n) is 2.53. The summed E-state index contributed by atoms with van der Waals surface area (Å²) in [6.07, 6.45) is 0. The molecule has 1 aromatic carbocycles. The molecule has 21 heavy (non-hydrogen) atoms. The first-order chi connectivity index (χ1) is 10.3. The Balaban J connectivity index is 1.91. The second kappa shape index (κ2) is 5.93. The number of aromatic amines is 1. The maximum absolute atomic E-state index is 12.6. The summed E-state index contributed by atoms with van der Waals surface area (Å²) in [6.45, 7) is 1.48. The summed E-state index contributed by atoms with van der Waals surface area (Å²) in [7, 11) is 0. The predicted molar refractivity (Wildman–Crippen MR) is 78.1 cm³/mol. The molecule has 1 fully saturated rings. The van der Waals surface area contributed by atoms with Crippen molar-refractivity contribution < 1.29 is 9.53 Å². The van der Waals surface area contributed by atoms with Crippen molar-refractivity contribution in [2.75, 3.05) is 19.8 Å². The van der Waals surface area contributed by atoms with E-state index < -0.39 is 0 Å². The minimum atomic E-state index is -0.273. The Kier molecular flexibility index (Phi) is 3.83. The molecule has 5 nitrogen and oxygen atoms in total. The molecule has 3 rings (SSSR count). The number of carbonyl (C=O) groups excluding carboxylic acids is 1. The third-order valence-corrected chi connectivity index (χ3v) is 3.57. The Bertz CT molecular complexity index is 681. The lowest BCUT2D eigenvalue weighted by molar-refractivity contribution is -0.00302. The van der Waals surface area contributed by atoms with E-state index in [1.165, 1.54) is 6.07 Å². The van der Waals surface area contributed by atoms with Gasteiger partial charge in [0, 0.05) is 12.6 Å². The zero-order chi connectivity index (χ0) is 14.7. The van der Waals surface area contributed by atoms with Gasteiger partial charge in [-0.2, -0.15) is 0 Å². The quantitative estimate of drug-likeness (QED) is 0.911. The SMILES string of the molecule is O=C(c1cccc(=O)[nH]1)N1CCOCC1c1ccccc1. The molecular formula is C16H16N2O3. The molecule has 0 bridgehead atoms. The number of aromatic nitrogens is 1. The van der Waals surface area contributed by atoms with Gasteiger partial charge < -0.3 is 14.6 Å². The van der Waals surface area contributed by atoms with Gasteiger partial charge in [-0.1, -0.05) is 36.4 Å². The van der Waals surface area contributed by atoms with Crippen molar-refractivity contribution >= 4 is 5.91 Å². The normalized spacial score (nSPS) is 18.5. The number of carbonyl (C=O) groups is 1. The Hall–Kier alpha value is -2.40. The lowest BCUT2D eigenvalue weighted by Gasteiger charge is -2.35. The summed E-state index contributed by atoms with van der Waals surface area (Å²) in [6, 6.07) is 14.3. The minimum absolute atomic E-state index is 0.129. The number of nitrogens with one attached hydrogen (secondary N) is 1. The molecule has 0 spiro atoms. The van der Waals surface area contributed by atoms with Crippen LogP contribution in [0.5, 0.6) is 0 Å². The van der Waals surface area contributed by atoms with Crippen LogP contribution in [0, 0.1) is 0 Å². The van der Waals surface area contributed by atoms with E-state index in [-0.39, 0.29) is 17.5 Å².